The van der Waals surface area contributed by atoms with E-state index in [-0.39, 0.29) is 0 Å². The molecule has 0 bridgehead atoms. The predicted molar refractivity (Wildman–Crippen MR) is 70.9 cm³/mol. The lowest BCUT2D eigenvalue weighted by Crippen LogP contribution is -2.52. The number of pyridine rings is 1. The van der Waals surface area contributed by atoms with Gasteiger partial charge in [-0.05, 0) is 24.5 Å². The minimum absolute atomic E-state index is 0.618. The molecule has 1 N–H and O–H groups in total. The molecule has 0 spiro atoms. The Morgan fingerprint density at radius 3 is 3.06 bits per heavy atom. The Labute approximate surface area is 104 Å². The molecule has 0 amide bonds. The molecule has 1 atom stereocenters. The largest absolute Gasteiger partial charge is 0.311 e. The fourth-order valence-electron chi connectivity index (χ4n) is 2.33. The van der Waals surface area contributed by atoms with Crippen molar-refractivity contribution in [2.24, 2.45) is 5.92 Å². The van der Waals surface area contributed by atoms with E-state index in [0.717, 1.165) is 26.2 Å². The molecule has 1 aromatic heterocycles. The van der Waals surface area contributed by atoms with E-state index in [1.165, 1.54) is 11.3 Å². The van der Waals surface area contributed by atoms with Crippen LogP contribution < -0.4 is 5.32 Å². The van der Waals surface area contributed by atoms with Crippen molar-refractivity contribution in [1.82, 2.24) is 15.2 Å². The lowest BCUT2D eigenvalue weighted by atomic mass is 10.0. The number of nitrogens with zero attached hydrogens (tertiary/aromatic N) is 2. The van der Waals surface area contributed by atoms with Crippen LogP contribution in [0.5, 0.6) is 0 Å². The summed E-state index contributed by atoms with van der Waals surface area (Å²) in [5.74, 6) is 0.697. The van der Waals surface area contributed by atoms with Crippen LogP contribution >= 0.6 is 0 Å². The molecular weight excluding hydrogens is 210 g/mol. The van der Waals surface area contributed by atoms with Gasteiger partial charge >= 0.3 is 0 Å². The molecule has 1 aromatic rings. The van der Waals surface area contributed by atoms with Crippen molar-refractivity contribution < 1.29 is 0 Å². The lowest BCUT2D eigenvalue weighted by Gasteiger charge is -2.35. The highest BCUT2D eigenvalue weighted by Gasteiger charge is 2.22. The maximum atomic E-state index is 4.48. The third-order valence-corrected chi connectivity index (χ3v) is 3.59. The zero-order valence-corrected chi connectivity index (χ0v) is 11.1. The molecule has 1 unspecified atom stereocenters. The summed E-state index contributed by atoms with van der Waals surface area (Å²) in [5.41, 5.74) is 2.52. The minimum atomic E-state index is 0.618. The summed E-state index contributed by atoms with van der Waals surface area (Å²) < 4.78 is 0. The topological polar surface area (TPSA) is 28.2 Å². The fraction of sp³-hybridized carbons (Fsp3) is 0.643. The maximum Gasteiger partial charge on any atom is 0.0573 e. The predicted octanol–water partition coefficient (Wildman–Crippen LogP) is 1.82. The van der Waals surface area contributed by atoms with Gasteiger partial charge in [0.1, 0.15) is 0 Å². The third kappa shape index (κ3) is 3.27. The zero-order chi connectivity index (χ0) is 12.3. The van der Waals surface area contributed by atoms with Crippen molar-refractivity contribution >= 4 is 0 Å². The molecule has 2 rings (SSSR count). The van der Waals surface area contributed by atoms with Crippen LogP contribution in [0.25, 0.3) is 0 Å². The van der Waals surface area contributed by atoms with Crippen molar-refractivity contribution in [3.8, 4) is 0 Å². The van der Waals surface area contributed by atoms with E-state index in [9.17, 15) is 0 Å². The summed E-state index contributed by atoms with van der Waals surface area (Å²) in [7, 11) is 0. The van der Waals surface area contributed by atoms with Gasteiger partial charge in [0.2, 0.25) is 0 Å². The number of nitrogens with one attached hydrogen (secondary N) is 1. The Morgan fingerprint density at radius 1 is 1.53 bits per heavy atom. The number of aromatic nitrogens is 1. The molecule has 1 saturated heterocycles. The summed E-state index contributed by atoms with van der Waals surface area (Å²) in [5, 5.41) is 3.59. The summed E-state index contributed by atoms with van der Waals surface area (Å²) >= 11 is 0. The molecule has 2 heterocycles. The van der Waals surface area contributed by atoms with Crippen molar-refractivity contribution in [2.45, 2.75) is 33.4 Å². The summed E-state index contributed by atoms with van der Waals surface area (Å²) in [4.78, 5) is 6.99. The van der Waals surface area contributed by atoms with Crippen LogP contribution in [0.2, 0.25) is 0 Å². The Balaban J connectivity index is 1.97. The smallest absolute Gasteiger partial charge is 0.0573 e. The van der Waals surface area contributed by atoms with Crippen LogP contribution in [0.15, 0.2) is 18.3 Å². The second-order valence-electron chi connectivity index (χ2n) is 5.31. The van der Waals surface area contributed by atoms with Gasteiger partial charge in [-0.2, -0.15) is 0 Å². The second kappa shape index (κ2) is 5.61. The first-order chi connectivity index (χ1) is 8.16. The molecular formula is C14H23N3. The van der Waals surface area contributed by atoms with E-state index in [0.29, 0.717) is 12.0 Å². The number of piperazine rings is 1. The average molecular weight is 233 g/mol. The third-order valence-electron chi connectivity index (χ3n) is 3.59. The van der Waals surface area contributed by atoms with Crippen molar-refractivity contribution in [2.75, 3.05) is 19.6 Å². The first-order valence-electron chi connectivity index (χ1n) is 6.53. The quantitative estimate of drug-likeness (QED) is 0.863. The van der Waals surface area contributed by atoms with E-state index < -0.39 is 0 Å². The van der Waals surface area contributed by atoms with Gasteiger partial charge in [-0.1, -0.05) is 19.9 Å². The molecule has 0 radical (unpaired) electrons. The van der Waals surface area contributed by atoms with Crippen molar-refractivity contribution in [3.63, 3.8) is 0 Å². The summed E-state index contributed by atoms with van der Waals surface area (Å²) in [6, 6.07) is 4.77. The molecule has 1 fully saturated rings. The first kappa shape index (κ1) is 12.5. The van der Waals surface area contributed by atoms with E-state index in [2.05, 4.69) is 42.0 Å². The van der Waals surface area contributed by atoms with Crippen LogP contribution in [0.4, 0.5) is 0 Å². The molecule has 0 aliphatic carbocycles. The fourth-order valence-corrected chi connectivity index (χ4v) is 2.33. The van der Waals surface area contributed by atoms with Gasteiger partial charge in [0.25, 0.3) is 0 Å². The Bertz CT molecular complexity index is 362. The van der Waals surface area contributed by atoms with Crippen molar-refractivity contribution in [3.05, 3.63) is 29.6 Å². The number of rotatable bonds is 3. The van der Waals surface area contributed by atoms with Crippen LogP contribution in [0.1, 0.15) is 25.1 Å². The van der Waals surface area contributed by atoms with Crippen LogP contribution in [0.3, 0.4) is 0 Å². The molecule has 17 heavy (non-hydrogen) atoms. The van der Waals surface area contributed by atoms with Gasteiger partial charge in [-0.15, -0.1) is 0 Å². The SMILES string of the molecule is Cc1cccnc1CN1CCNC(C(C)C)C1. The summed E-state index contributed by atoms with van der Waals surface area (Å²) in [6.07, 6.45) is 1.89. The molecule has 0 aromatic carbocycles. The molecule has 0 saturated carbocycles. The number of hydrogen-bond donors (Lipinski definition) is 1. The number of hydrogen-bond acceptors (Lipinski definition) is 3. The van der Waals surface area contributed by atoms with Gasteiger partial charge in [-0.3, -0.25) is 9.88 Å². The molecule has 94 valence electrons. The van der Waals surface area contributed by atoms with Gasteiger partial charge < -0.3 is 5.32 Å². The normalized spacial score (nSPS) is 22.0. The number of aryl methyl sites for hydroxylation is 1. The maximum absolute atomic E-state index is 4.48. The van der Waals surface area contributed by atoms with Crippen LogP contribution in [-0.4, -0.2) is 35.6 Å². The van der Waals surface area contributed by atoms with Gasteiger partial charge in [0.05, 0.1) is 5.69 Å². The molecule has 1 aliphatic rings. The molecule has 1 aliphatic heterocycles. The Kier molecular flexibility index (Phi) is 4.13. The highest BCUT2D eigenvalue weighted by atomic mass is 15.2. The van der Waals surface area contributed by atoms with E-state index in [1.54, 1.807) is 0 Å². The van der Waals surface area contributed by atoms with Gasteiger partial charge in [-0.25, -0.2) is 0 Å². The monoisotopic (exact) mass is 233 g/mol. The Hall–Kier alpha value is -0.930. The van der Waals surface area contributed by atoms with Crippen molar-refractivity contribution in [1.29, 1.82) is 0 Å². The minimum Gasteiger partial charge on any atom is -0.311 e. The molecule has 3 heteroatoms. The lowest BCUT2D eigenvalue weighted by molar-refractivity contribution is 0.167. The Morgan fingerprint density at radius 2 is 2.35 bits per heavy atom. The van der Waals surface area contributed by atoms with Crippen LogP contribution in [0, 0.1) is 12.8 Å². The van der Waals surface area contributed by atoms with E-state index in [1.807, 2.05) is 12.3 Å². The van der Waals surface area contributed by atoms with E-state index in [4.69, 9.17) is 0 Å². The zero-order valence-electron chi connectivity index (χ0n) is 11.1. The first-order valence-corrected chi connectivity index (χ1v) is 6.53. The average Bonchev–Trinajstić information content (AvgIpc) is 2.32. The highest BCUT2D eigenvalue weighted by Crippen LogP contribution is 2.12. The van der Waals surface area contributed by atoms with E-state index >= 15 is 0 Å². The van der Waals surface area contributed by atoms with Gasteiger partial charge in [0, 0.05) is 38.4 Å². The second-order valence-corrected chi connectivity index (χ2v) is 5.31. The van der Waals surface area contributed by atoms with Crippen LogP contribution in [-0.2, 0) is 6.54 Å². The van der Waals surface area contributed by atoms with Gasteiger partial charge in [0.15, 0.2) is 0 Å². The highest BCUT2D eigenvalue weighted by molar-refractivity contribution is 5.17. The summed E-state index contributed by atoms with van der Waals surface area (Å²) in [6.45, 7) is 11.0. The molecule has 3 nitrogen and oxygen atoms in total. The standard InChI is InChI=1S/C14H23N3/c1-11(2)13-9-17(8-7-16-13)10-14-12(3)5-4-6-15-14/h4-6,11,13,16H,7-10H2,1-3H3.